The SMILES string of the molecule is Cc1ccccc1CC(CO)CNC(C)Cc1ccc(O)cc1. The molecule has 0 fully saturated rings. The Hall–Kier alpha value is -1.84. The van der Waals surface area contributed by atoms with E-state index in [1.54, 1.807) is 12.1 Å². The minimum Gasteiger partial charge on any atom is -0.508 e. The van der Waals surface area contributed by atoms with Crippen LogP contribution in [0.5, 0.6) is 5.75 Å². The zero-order valence-electron chi connectivity index (χ0n) is 14.0. The second-order valence-corrected chi connectivity index (χ2v) is 6.36. The summed E-state index contributed by atoms with van der Waals surface area (Å²) in [5, 5.41) is 22.5. The van der Waals surface area contributed by atoms with Gasteiger partial charge in [-0.25, -0.2) is 0 Å². The van der Waals surface area contributed by atoms with Crippen molar-refractivity contribution < 1.29 is 10.2 Å². The van der Waals surface area contributed by atoms with Crippen molar-refractivity contribution in [3.8, 4) is 5.75 Å². The molecule has 0 aliphatic carbocycles. The fourth-order valence-corrected chi connectivity index (χ4v) is 2.78. The van der Waals surface area contributed by atoms with Gasteiger partial charge in [-0.1, -0.05) is 36.4 Å². The highest BCUT2D eigenvalue weighted by atomic mass is 16.3. The molecule has 0 aliphatic rings. The molecule has 0 saturated carbocycles. The number of aromatic hydroxyl groups is 1. The van der Waals surface area contributed by atoms with Gasteiger partial charge in [0.2, 0.25) is 0 Å². The first-order valence-corrected chi connectivity index (χ1v) is 8.25. The van der Waals surface area contributed by atoms with Gasteiger partial charge in [-0.05, 0) is 61.4 Å². The summed E-state index contributed by atoms with van der Waals surface area (Å²) in [5.41, 5.74) is 3.78. The van der Waals surface area contributed by atoms with E-state index in [2.05, 4.69) is 37.4 Å². The number of hydrogen-bond acceptors (Lipinski definition) is 3. The van der Waals surface area contributed by atoms with E-state index >= 15 is 0 Å². The monoisotopic (exact) mass is 313 g/mol. The van der Waals surface area contributed by atoms with Crippen molar-refractivity contribution in [3.05, 3.63) is 65.2 Å². The van der Waals surface area contributed by atoms with Crippen LogP contribution in [-0.2, 0) is 12.8 Å². The van der Waals surface area contributed by atoms with Crippen LogP contribution in [0.25, 0.3) is 0 Å². The Balaban J connectivity index is 1.82. The van der Waals surface area contributed by atoms with Crippen molar-refractivity contribution in [2.24, 2.45) is 5.92 Å². The molecule has 0 saturated heterocycles. The molecule has 3 heteroatoms. The molecule has 3 N–H and O–H groups in total. The number of rotatable bonds is 8. The Labute approximate surface area is 139 Å². The lowest BCUT2D eigenvalue weighted by molar-refractivity contribution is 0.218. The van der Waals surface area contributed by atoms with Crippen LogP contribution >= 0.6 is 0 Å². The van der Waals surface area contributed by atoms with Gasteiger partial charge in [-0.3, -0.25) is 0 Å². The lowest BCUT2D eigenvalue weighted by Gasteiger charge is -2.20. The predicted molar refractivity (Wildman–Crippen MR) is 94.7 cm³/mol. The number of benzene rings is 2. The van der Waals surface area contributed by atoms with Gasteiger partial charge >= 0.3 is 0 Å². The molecule has 0 spiro atoms. The van der Waals surface area contributed by atoms with Crippen molar-refractivity contribution in [2.45, 2.75) is 32.7 Å². The second-order valence-electron chi connectivity index (χ2n) is 6.36. The maximum Gasteiger partial charge on any atom is 0.115 e. The van der Waals surface area contributed by atoms with Crippen molar-refractivity contribution in [3.63, 3.8) is 0 Å². The largest absolute Gasteiger partial charge is 0.508 e. The highest BCUT2D eigenvalue weighted by Gasteiger charge is 2.12. The third-order valence-corrected chi connectivity index (χ3v) is 4.26. The molecule has 0 radical (unpaired) electrons. The van der Waals surface area contributed by atoms with Gasteiger partial charge in [0.05, 0.1) is 0 Å². The predicted octanol–water partition coefficient (Wildman–Crippen LogP) is 3.07. The summed E-state index contributed by atoms with van der Waals surface area (Å²) < 4.78 is 0. The van der Waals surface area contributed by atoms with Crippen molar-refractivity contribution in [1.82, 2.24) is 5.32 Å². The average molecular weight is 313 g/mol. The van der Waals surface area contributed by atoms with Crippen LogP contribution in [0.1, 0.15) is 23.6 Å². The summed E-state index contributed by atoms with van der Waals surface area (Å²) in [5.74, 6) is 0.520. The average Bonchev–Trinajstić information content (AvgIpc) is 2.55. The standard InChI is InChI=1S/C20H27NO2/c1-15-5-3-4-6-19(15)12-18(14-22)13-21-16(2)11-17-7-9-20(23)10-8-17/h3-10,16,18,21-23H,11-14H2,1-2H3. The molecule has 3 nitrogen and oxygen atoms in total. The Morgan fingerprint density at radius 1 is 1.00 bits per heavy atom. The Morgan fingerprint density at radius 3 is 2.35 bits per heavy atom. The van der Waals surface area contributed by atoms with Crippen LogP contribution in [0, 0.1) is 12.8 Å². The topological polar surface area (TPSA) is 52.5 Å². The molecular weight excluding hydrogens is 286 g/mol. The molecule has 2 rings (SSSR count). The number of aryl methyl sites for hydroxylation is 1. The van der Waals surface area contributed by atoms with Gasteiger partial charge in [0.25, 0.3) is 0 Å². The number of aliphatic hydroxyl groups excluding tert-OH is 1. The zero-order chi connectivity index (χ0) is 16.7. The first-order valence-electron chi connectivity index (χ1n) is 8.25. The third kappa shape index (κ3) is 5.70. The highest BCUT2D eigenvalue weighted by molar-refractivity contribution is 5.27. The van der Waals surface area contributed by atoms with E-state index in [-0.39, 0.29) is 12.5 Å². The lowest BCUT2D eigenvalue weighted by Crippen LogP contribution is -2.34. The van der Waals surface area contributed by atoms with E-state index in [1.807, 2.05) is 18.2 Å². The summed E-state index contributed by atoms with van der Waals surface area (Å²) in [7, 11) is 0. The molecule has 0 aliphatic heterocycles. The molecule has 0 aromatic heterocycles. The minimum absolute atomic E-state index is 0.188. The first kappa shape index (κ1) is 17.5. The van der Waals surface area contributed by atoms with E-state index in [9.17, 15) is 10.2 Å². The normalized spacial score (nSPS) is 13.7. The van der Waals surface area contributed by atoms with Crippen LogP contribution < -0.4 is 5.32 Å². The molecule has 2 aromatic carbocycles. The fourth-order valence-electron chi connectivity index (χ4n) is 2.78. The Morgan fingerprint density at radius 2 is 1.70 bits per heavy atom. The van der Waals surface area contributed by atoms with E-state index in [0.717, 1.165) is 19.4 Å². The summed E-state index contributed by atoms with van der Waals surface area (Å²) in [6, 6.07) is 16.0. The quantitative estimate of drug-likeness (QED) is 0.702. The van der Waals surface area contributed by atoms with Crippen LogP contribution in [0.15, 0.2) is 48.5 Å². The fraction of sp³-hybridized carbons (Fsp3) is 0.400. The van der Waals surface area contributed by atoms with E-state index in [1.165, 1.54) is 16.7 Å². The molecule has 2 unspecified atom stereocenters. The summed E-state index contributed by atoms with van der Waals surface area (Å²) in [6.07, 6.45) is 1.80. The zero-order valence-corrected chi connectivity index (χ0v) is 14.0. The molecule has 0 amide bonds. The molecule has 2 aromatic rings. The second kappa shape index (κ2) is 8.70. The van der Waals surface area contributed by atoms with Gasteiger partial charge in [-0.15, -0.1) is 0 Å². The first-order chi connectivity index (χ1) is 11.1. The lowest BCUT2D eigenvalue weighted by atomic mass is 9.96. The number of hydrogen-bond donors (Lipinski definition) is 3. The van der Waals surface area contributed by atoms with Crippen LogP contribution in [0.2, 0.25) is 0 Å². The molecule has 2 atom stereocenters. The maximum absolute atomic E-state index is 9.64. The van der Waals surface area contributed by atoms with Crippen molar-refractivity contribution >= 4 is 0 Å². The highest BCUT2D eigenvalue weighted by Crippen LogP contribution is 2.14. The maximum atomic E-state index is 9.64. The van der Waals surface area contributed by atoms with Gasteiger partial charge in [0, 0.05) is 19.2 Å². The Bertz CT molecular complexity index is 595. The minimum atomic E-state index is 0.188. The van der Waals surface area contributed by atoms with Crippen molar-refractivity contribution in [2.75, 3.05) is 13.2 Å². The van der Waals surface area contributed by atoms with E-state index < -0.39 is 0 Å². The smallest absolute Gasteiger partial charge is 0.115 e. The van der Waals surface area contributed by atoms with E-state index in [4.69, 9.17) is 0 Å². The van der Waals surface area contributed by atoms with Gasteiger partial charge < -0.3 is 15.5 Å². The number of phenols is 1. The van der Waals surface area contributed by atoms with Gasteiger partial charge in [0.1, 0.15) is 5.75 Å². The molecular formula is C20H27NO2. The van der Waals surface area contributed by atoms with Crippen LogP contribution in [0.4, 0.5) is 0 Å². The van der Waals surface area contributed by atoms with Crippen molar-refractivity contribution in [1.29, 1.82) is 0 Å². The molecule has 0 heterocycles. The summed E-state index contributed by atoms with van der Waals surface area (Å²) >= 11 is 0. The van der Waals surface area contributed by atoms with Gasteiger partial charge in [0.15, 0.2) is 0 Å². The third-order valence-electron chi connectivity index (χ3n) is 4.26. The van der Waals surface area contributed by atoms with Crippen LogP contribution in [-0.4, -0.2) is 29.4 Å². The molecule has 23 heavy (non-hydrogen) atoms. The molecule has 0 bridgehead atoms. The number of aliphatic hydroxyl groups is 1. The van der Waals surface area contributed by atoms with Gasteiger partial charge in [-0.2, -0.15) is 0 Å². The number of phenolic OH excluding ortho intramolecular Hbond substituents is 1. The Kier molecular flexibility index (Phi) is 6.63. The summed E-state index contributed by atoms with van der Waals surface area (Å²) in [4.78, 5) is 0. The summed E-state index contributed by atoms with van der Waals surface area (Å²) in [6.45, 7) is 5.25. The van der Waals surface area contributed by atoms with E-state index in [0.29, 0.717) is 11.8 Å². The van der Waals surface area contributed by atoms with Crippen LogP contribution in [0.3, 0.4) is 0 Å². The number of nitrogens with one attached hydrogen (secondary N) is 1. The molecule has 124 valence electrons.